The Hall–Kier alpha value is -2.34. The number of para-hydroxylation sites is 1. The van der Waals surface area contributed by atoms with Crippen molar-refractivity contribution in [3.63, 3.8) is 0 Å². The Morgan fingerprint density at radius 1 is 1.29 bits per heavy atom. The van der Waals surface area contributed by atoms with Crippen molar-refractivity contribution in [1.29, 1.82) is 0 Å². The van der Waals surface area contributed by atoms with Crippen molar-refractivity contribution in [1.82, 2.24) is 9.88 Å². The highest BCUT2D eigenvalue weighted by Gasteiger charge is 2.32. The molecule has 2 heterocycles. The molecule has 1 aliphatic heterocycles. The van der Waals surface area contributed by atoms with E-state index in [1.54, 1.807) is 12.1 Å². The van der Waals surface area contributed by atoms with Gasteiger partial charge in [0.05, 0.1) is 12.7 Å². The van der Waals surface area contributed by atoms with Crippen LogP contribution in [-0.4, -0.2) is 42.0 Å². The molecule has 0 radical (unpaired) electrons. The predicted molar refractivity (Wildman–Crippen MR) is 111 cm³/mol. The van der Waals surface area contributed by atoms with Gasteiger partial charge in [-0.1, -0.05) is 19.1 Å². The Kier molecular flexibility index (Phi) is 7.63. The predicted octanol–water partition coefficient (Wildman–Crippen LogP) is 4.31. The average molecular weight is 408 g/mol. The van der Waals surface area contributed by atoms with Crippen LogP contribution in [0.4, 0.5) is 10.2 Å². The van der Waals surface area contributed by atoms with Crippen LogP contribution in [0.5, 0.6) is 5.75 Å². The van der Waals surface area contributed by atoms with Crippen LogP contribution in [0.2, 0.25) is 0 Å². The molecule has 1 aliphatic rings. The normalized spacial score (nSPS) is 18.9. The molecule has 0 unspecified atom stereocenters. The molecule has 1 fully saturated rings. The number of nitrogens with zero attached hydrogens (tertiary/aromatic N) is 2. The van der Waals surface area contributed by atoms with Crippen LogP contribution in [0.15, 0.2) is 36.4 Å². The number of rotatable bonds is 5. The molecule has 152 valence electrons. The maximum absolute atomic E-state index is 14.0. The number of nitrogens with one attached hydrogen (secondary N) is 1. The zero-order valence-electron chi connectivity index (χ0n) is 16.4. The molecule has 1 aromatic heterocycles. The summed E-state index contributed by atoms with van der Waals surface area (Å²) in [5, 5.41) is 3.34. The summed E-state index contributed by atoms with van der Waals surface area (Å²) in [4.78, 5) is 19.5. The molecule has 0 spiro atoms. The summed E-state index contributed by atoms with van der Waals surface area (Å²) in [6, 6.07) is 10.3. The van der Waals surface area contributed by atoms with Crippen molar-refractivity contribution in [3.8, 4) is 5.75 Å². The van der Waals surface area contributed by atoms with Crippen molar-refractivity contribution in [3.05, 3.63) is 53.5 Å². The van der Waals surface area contributed by atoms with E-state index in [0.29, 0.717) is 19.0 Å². The monoisotopic (exact) mass is 407 g/mol. The third-order valence-electron chi connectivity index (χ3n) is 5.01. The first kappa shape index (κ1) is 22.0. The second-order valence-electron chi connectivity index (χ2n) is 7.16. The Morgan fingerprint density at radius 3 is 2.75 bits per heavy atom. The number of carbonyl (C=O) groups excluding carboxylic acids is 1. The fraction of sp³-hybridized carbons (Fsp3) is 0.429. The first-order chi connectivity index (χ1) is 13.0. The van der Waals surface area contributed by atoms with Gasteiger partial charge in [-0.05, 0) is 49.9 Å². The van der Waals surface area contributed by atoms with Gasteiger partial charge in [0.25, 0.3) is 5.91 Å². The van der Waals surface area contributed by atoms with E-state index in [1.165, 1.54) is 13.2 Å². The molecule has 28 heavy (non-hydrogen) atoms. The standard InChI is InChI=1S/C21H26FN3O2.ClH/c1-14-10-11-16(12-23-19-9-4-6-15(2)24-19)25(13-14)21(26)17-7-5-8-18(22)20(17)27-3;/h4-9,14,16H,10-13H2,1-3H3,(H,23,24);1H/t14-,16-;/m0./s1. The highest BCUT2D eigenvalue weighted by atomic mass is 35.5. The summed E-state index contributed by atoms with van der Waals surface area (Å²) >= 11 is 0. The molecule has 2 atom stereocenters. The Bertz CT molecular complexity index is 818. The van der Waals surface area contributed by atoms with E-state index < -0.39 is 5.82 Å². The minimum Gasteiger partial charge on any atom is -0.493 e. The smallest absolute Gasteiger partial charge is 0.258 e. The molecule has 1 N–H and O–H groups in total. The van der Waals surface area contributed by atoms with Crippen molar-refractivity contribution >= 4 is 24.1 Å². The number of piperidine rings is 1. The van der Waals surface area contributed by atoms with Crippen LogP contribution in [0.1, 0.15) is 35.8 Å². The molecular formula is C21H27ClFN3O2. The van der Waals surface area contributed by atoms with Crippen LogP contribution < -0.4 is 10.1 Å². The SMILES string of the molecule is COc1c(F)cccc1C(=O)N1C[C@@H](C)CC[C@H]1CNc1cccc(C)n1.Cl. The lowest BCUT2D eigenvalue weighted by Crippen LogP contribution is -2.49. The molecule has 1 saturated heterocycles. The van der Waals surface area contributed by atoms with Gasteiger partial charge in [0.15, 0.2) is 11.6 Å². The van der Waals surface area contributed by atoms with Crippen molar-refractivity contribution in [2.24, 2.45) is 5.92 Å². The van der Waals surface area contributed by atoms with E-state index in [0.717, 1.165) is 24.4 Å². The Morgan fingerprint density at radius 2 is 2.04 bits per heavy atom. The quantitative estimate of drug-likeness (QED) is 0.802. The Labute approximate surface area is 171 Å². The molecule has 0 bridgehead atoms. The van der Waals surface area contributed by atoms with E-state index >= 15 is 0 Å². The number of pyridine rings is 1. The second kappa shape index (κ2) is 9.73. The summed E-state index contributed by atoms with van der Waals surface area (Å²) in [6.07, 6.45) is 1.95. The van der Waals surface area contributed by atoms with Gasteiger partial charge < -0.3 is 15.0 Å². The van der Waals surface area contributed by atoms with E-state index in [-0.39, 0.29) is 35.7 Å². The number of halogens is 2. The Balaban J connectivity index is 0.00000280. The lowest BCUT2D eigenvalue weighted by atomic mass is 9.93. The van der Waals surface area contributed by atoms with Crippen molar-refractivity contribution in [2.45, 2.75) is 32.7 Å². The number of hydrogen-bond acceptors (Lipinski definition) is 4. The first-order valence-electron chi connectivity index (χ1n) is 9.30. The topological polar surface area (TPSA) is 54.5 Å². The average Bonchev–Trinajstić information content (AvgIpc) is 2.66. The number of carbonyl (C=O) groups is 1. The summed E-state index contributed by atoms with van der Waals surface area (Å²) in [5.41, 5.74) is 1.21. The van der Waals surface area contributed by atoms with Crippen LogP contribution >= 0.6 is 12.4 Å². The summed E-state index contributed by atoms with van der Waals surface area (Å²) in [6.45, 7) is 5.33. The zero-order chi connectivity index (χ0) is 19.4. The van der Waals surface area contributed by atoms with E-state index in [1.807, 2.05) is 30.0 Å². The van der Waals surface area contributed by atoms with Crippen molar-refractivity contribution in [2.75, 3.05) is 25.5 Å². The molecule has 2 aromatic rings. The lowest BCUT2D eigenvalue weighted by molar-refractivity contribution is 0.0561. The van der Waals surface area contributed by atoms with Gasteiger partial charge in [-0.15, -0.1) is 12.4 Å². The summed E-state index contributed by atoms with van der Waals surface area (Å²) in [5.74, 6) is 0.493. The fourth-order valence-corrected chi connectivity index (χ4v) is 3.57. The maximum Gasteiger partial charge on any atom is 0.258 e. The molecule has 1 aromatic carbocycles. The minimum absolute atomic E-state index is 0. The van der Waals surface area contributed by atoms with E-state index in [2.05, 4.69) is 17.2 Å². The highest BCUT2D eigenvalue weighted by molar-refractivity contribution is 5.97. The van der Waals surface area contributed by atoms with Crippen LogP contribution in [0.3, 0.4) is 0 Å². The molecule has 0 aliphatic carbocycles. The van der Waals surface area contributed by atoms with Gasteiger partial charge in [0, 0.05) is 24.8 Å². The maximum atomic E-state index is 14.0. The molecule has 1 amide bonds. The summed E-state index contributed by atoms with van der Waals surface area (Å²) < 4.78 is 19.2. The van der Waals surface area contributed by atoms with Gasteiger partial charge >= 0.3 is 0 Å². The minimum atomic E-state index is -0.521. The van der Waals surface area contributed by atoms with Gasteiger partial charge in [-0.3, -0.25) is 4.79 Å². The number of amides is 1. The third-order valence-corrected chi connectivity index (χ3v) is 5.01. The van der Waals surface area contributed by atoms with Gasteiger partial charge in [-0.2, -0.15) is 0 Å². The number of aryl methyl sites for hydroxylation is 1. The number of anilines is 1. The van der Waals surface area contributed by atoms with Crippen LogP contribution in [0.25, 0.3) is 0 Å². The largest absolute Gasteiger partial charge is 0.493 e. The molecular weight excluding hydrogens is 381 g/mol. The second-order valence-corrected chi connectivity index (χ2v) is 7.16. The van der Waals surface area contributed by atoms with Crippen LogP contribution in [-0.2, 0) is 0 Å². The van der Waals surface area contributed by atoms with Crippen LogP contribution in [0, 0.1) is 18.7 Å². The lowest BCUT2D eigenvalue weighted by Gasteiger charge is -2.39. The number of ether oxygens (including phenoxy) is 1. The van der Waals surface area contributed by atoms with E-state index in [9.17, 15) is 9.18 Å². The van der Waals surface area contributed by atoms with Crippen molar-refractivity contribution < 1.29 is 13.9 Å². The number of hydrogen-bond donors (Lipinski definition) is 1. The first-order valence-corrected chi connectivity index (χ1v) is 9.30. The zero-order valence-corrected chi connectivity index (χ0v) is 17.3. The molecule has 5 nitrogen and oxygen atoms in total. The number of methoxy groups -OCH3 is 1. The fourth-order valence-electron chi connectivity index (χ4n) is 3.57. The van der Waals surface area contributed by atoms with Gasteiger partial charge in [-0.25, -0.2) is 9.37 Å². The number of benzene rings is 1. The highest BCUT2D eigenvalue weighted by Crippen LogP contribution is 2.28. The number of aromatic nitrogens is 1. The van der Waals surface area contributed by atoms with Gasteiger partial charge in [0.2, 0.25) is 0 Å². The van der Waals surface area contributed by atoms with Gasteiger partial charge in [0.1, 0.15) is 5.82 Å². The van der Waals surface area contributed by atoms with E-state index in [4.69, 9.17) is 4.74 Å². The molecule has 3 rings (SSSR count). The summed E-state index contributed by atoms with van der Waals surface area (Å²) in [7, 11) is 1.39. The number of likely N-dealkylation sites (tertiary alicyclic amines) is 1. The molecule has 7 heteroatoms. The molecule has 0 saturated carbocycles. The third kappa shape index (κ3) is 4.93.